The molecule has 4 N–H and O–H groups in total. The second-order valence-electron chi connectivity index (χ2n) is 6.44. The van der Waals surface area contributed by atoms with E-state index in [2.05, 4.69) is 0 Å². The molecule has 0 atom stereocenters. The summed E-state index contributed by atoms with van der Waals surface area (Å²) in [4.78, 5) is 24.5. The highest BCUT2D eigenvalue weighted by molar-refractivity contribution is 5.79. The van der Waals surface area contributed by atoms with Crippen molar-refractivity contribution in [2.45, 2.75) is 12.8 Å². The summed E-state index contributed by atoms with van der Waals surface area (Å²) in [5.41, 5.74) is 1.06. The van der Waals surface area contributed by atoms with Crippen LogP contribution >= 0.6 is 0 Å². The van der Waals surface area contributed by atoms with Crippen LogP contribution in [0.25, 0.3) is 0 Å². The zero-order chi connectivity index (χ0) is 21.7. The molecular weight excluding hydrogens is 392 g/mol. The summed E-state index contributed by atoms with van der Waals surface area (Å²) in [5, 5.41) is 37.8. The molecular formula is C22H18O8. The third kappa shape index (κ3) is 5.65. The molecule has 3 aromatic rings. The van der Waals surface area contributed by atoms with Crippen LogP contribution in [-0.2, 0) is 22.4 Å². The van der Waals surface area contributed by atoms with E-state index in [1.54, 1.807) is 24.3 Å². The number of carbonyl (C=O) groups excluding carboxylic acids is 2. The molecule has 0 spiro atoms. The molecule has 0 saturated carbocycles. The molecule has 3 aromatic carbocycles. The van der Waals surface area contributed by atoms with Crippen LogP contribution in [0.4, 0.5) is 0 Å². The molecule has 0 aliphatic heterocycles. The van der Waals surface area contributed by atoms with Crippen molar-refractivity contribution < 1.29 is 39.5 Å². The predicted molar refractivity (Wildman–Crippen MR) is 105 cm³/mol. The van der Waals surface area contributed by atoms with E-state index >= 15 is 0 Å². The largest absolute Gasteiger partial charge is 0.508 e. The number of ether oxygens (including phenoxy) is 2. The first-order chi connectivity index (χ1) is 14.3. The predicted octanol–water partition coefficient (Wildman–Crippen LogP) is 2.81. The first kappa shape index (κ1) is 20.5. The number of aromatic hydroxyl groups is 4. The number of phenols is 4. The van der Waals surface area contributed by atoms with Crippen LogP contribution in [0.15, 0.2) is 60.7 Å². The summed E-state index contributed by atoms with van der Waals surface area (Å²) < 4.78 is 10.3. The number of benzene rings is 3. The van der Waals surface area contributed by atoms with Crippen molar-refractivity contribution in [1.82, 2.24) is 0 Å². The van der Waals surface area contributed by atoms with Crippen molar-refractivity contribution in [2.75, 3.05) is 0 Å². The van der Waals surface area contributed by atoms with Gasteiger partial charge in [0.1, 0.15) is 34.5 Å². The summed E-state index contributed by atoms with van der Waals surface area (Å²) in [6, 6.07) is 13.7. The Morgan fingerprint density at radius 3 is 1.27 bits per heavy atom. The summed E-state index contributed by atoms with van der Waals surface area (Å²) in [7, 11) is 0. The van der Waals surface area contributed by atoms with E-state index in [-0.39, 0.29) is 47.3 Å². The third-order valence-electron chi connectivity index (χ3n) is 4.00. The highest BCUT2D eigenvalue weighted by Crippen LogP contribution is 2.27. The standard InChI is InChI=1S/C22H18O8/c23-15-7-16(24)10-19(9-15)29-21(27)5-13-3-1-2-4-14(13)6-22(28)30-20-11-17(25)8-18(26)12-20/h1-4,7-12,23-26H,5-6H2. The molecule has 0 aliphatic rings. The van der Waals surface area contributed by atoms with Crippen molar-refractivity contribution in [3.63, 3.8) is 0 Å². The molecule has 0 heterocycles. The number of hydrogen-bond donors (Lipinski definition) is 4. The number of phenolic OH excluding ortho intramolecular Hbond substituents is 4. The Hall–Kier alpha value is -4.20. The molecule has 0 amide bonds. The second kappa shape index (κ2) is 8.87. The summed E-state index contributed by atoms with van der Waals surface area (Å²) in [5.74, 6) is -2.34. The molecule has 0 bridgehead atoms. The zero-order valence-corrected chi connectivity index (χ0v) is 15.6. The van der Waals surface area contributed by atoms with Crippen LogP contribution in [0.1, 0.15) is 11.1 Å². The minimum absolute atomic E-state index is 0.0157. The van der Waals surface area contributed by atoms with Crippen LogP contribution in [0.5, 0.6) is 34.5 Å². The highest BCUT2D eigenvalue weighted by Gasteiger charge is 2.15. The molecule has 0 aliphatic carbocycles. The van der Waals surface area contributed by atoms with Gasteiger partial charge in [-0.25, -0.2) is 0 Å². The summed E-state index contributed by atoms with van der Waals surface area (Å²) in [6.45, 7) is 0. The fourth-order valence-electron chi connectivity index (χ4n) is 2.80. The van der Waals surface area contributed by atoms with Crippen molar-refractivity contribution in [1.29, 1.82) is 0 Å². The van der Waals surface area contributed by atoms with Gasteiger partial charge < -0.3 is 29.9 Å². The molecule has 3 rings (SSSR count). The van der Waals surface area contributed by atoms with Crippen LogP contribution < -0.4 is 9.47 Å². The number of hydrogen-bond acceptors (Lipinski definition) is 8. The third-order valence-corrected chi connectivity index (χ3v) is 4.00. The average Bonchev–Trinajstić information content (AvgIpc) is 2.61. The fraction of sp³-hybridized carbons (Fsp3) is 0.0909. The van der Waals surface area contributed by atoms with E-state index in [9.17, 15) is 30.0 Å². The lowest BCUT2D eigenvalue weighted by Crippen LogP contribution is -2.16. The van der Waals surface area contributed by atoms with E-state index in [4.69, 9.17) is 9.47 Å². The SMILES string of the molecule is O=C(Cc1ccccc1CC(=O)Oc1cc(O)cc(O)c1)Oc1cc(O)cc(O)c1. The van der Waals surface area contributed by atoms with Gasteiger partial charge in [-0.15, -0.1) is 0 Å². The molecule has 0 saturated heterocycles. The minimum atomic E-state index is -0.654. The molecule has 0 radical (unpaired) electrons. The monoisotopic (exact) mass is 410 g/mol. The van der Waals surface area contributed by atoms with Crippen LogP contribution in [0, 0.1) is 0 Å². The Labute approximate surface area is 171 Å². The fourth-order valence-corrected chi connectivity index (χ4v) is 2.80. The van der Waals surface area contributed by atoms with E-state index in [1.807, 2.05) is 0 Å². The molecule has 154 valence electrons. The lowest BCUT2D eigenvalue weighted by molar-refractivity contribution is -0.135. The average molecular weight is 410 g/mol. The van der Waals surface area contributed by atoms with E-state index in [0.717, 1.165) is 12.1 Å². The Morgan fingerprint density at radius 2 is 0.933 bits per heavy atom. The second-order valence-corrected chi connectivity index (χ2v) is 6.44. The Morgan fingerprint density at radius 1 is 0.600 bits per heavy atom. The maximum absolute atomic E-state index is 12.3. The van der Waals surface area contributed by atoms with Gasteiger partial charge in [-0.05, 0) is 11.1 Å². The van der Waals surface area contributed by atoms with Gasteiger partial charge in [-0.2, -0.15) is 0 Å². The number of rotatable bonds is 6. The van der Waals surface area contributed by atoms with E-state index < -0.39 is 11.9 Å². The number of carbonyl (C=O) groups is 2. The Bertz CT molecular complexity index is 963. The maximum atomic E-state index is 12.3. The molecule has 0 aromatic heterocycles. The highest BCUT2D eigenvalue weighted by atomic mass is 16.5. The maximum Gasteiger partial charge on any atom is 0.315 e. The van der Waals surface area contributed by atoms with Gasteiger partial charge in [0.2, 0.25) is 0 Å². The van der Waals surface area contributed by atoms with Crippen molar-refractivity contribution in [3.8, 4) is 34.5 Å². The van der Waals surface area contributed by atoms with Crippen LogP contribution in [0.3, 0.4) is 0 Å². The molecule has 30 heavy (non-hydrogen) atoms. The first-order valence-corrected chi connectivity index (χ1v) is 8.82. The van der Waals surface area contributed by atoms with Gasteiger partial charge in [-0.1, -0.05) is 24.3 Å². The normalized spacial score (nSPS) is 10.4. The number of esters is 2. The van der Waals surface area contributed by atoms with E-state index in [0.29, 0.717) is 11.1 Å². The van der Waals surface area contributed by atoms with Gasteiger partial charge in [0, 0.05) is 36.4 Å². The molecule has 0 fully saturated rings. The molecule has 8 heteroatoms. The minimum Gasteiger partial charge on any atom is -0.508 e. The van der Waals surface area contributed by atoms with Gasteiger partial charge in [-0.3, -0.25) is 9.59 Å². The Balaban J connectivity index is 1.67. The van der Waals surface area contributed by atoms with Gasteiger partial charge >= 0.3 is 11.9 Å². The van der Waals surface area contributed by atoms with Crippen molar-refractivity contribution in [3.05, 3.63) is 71.8 Å². The van der Waals surface area contributed by atoms with Gasteiger partial charge in [0.15, 0.2) is 0 Å². The first-order valence-electron chi connectivity index (χ1n) is 8.82. The van der Waals surface area contributed by atoms with Gasteiger partial charge in [0.25, 0.3) is 0 Å². The van der Waals surface area contributed by atoms with Gasteiger partial charge in [0.05, 0.1) is 12.8 Å². The molecule has 0 unspecified atom stereocenters. The molecule has 8 nitrogen and oxygen atoms in total. The zero-order valence-electron chi connectivity index (χ0n) is 15.6. The van der Waals surface area contributed by atoms with E-state index in [1.165, 1.54) is 24.3 Å². The Kier molecular flexibility index (Phi) is 6.07. The summed E-state index contributed by atoms with van der Waals surface area (Å²) in [6.07, 6.45) is -0.320. The lowest BCUT2D eigenvalue weighted by atomic mass is 10.0. The van der Waals surface area contributed by atoms with Crippen LogP contribution in [-0.4, -0.2) is 32.4 Å². The topological polar surface area (TPSA) is 134 Å². The smallest absolute Gasteiger partial charge is 0.315 e. The quantitative estimate of drug-likeness (QED) is 0.360. The van der Waals surface area contributed by atoms with Crippen molar-refractivity contribution in [2.24, 2.45) is 0 Å². The lowest BCUT2D eigenvalue weighted by Gasteiger charge is -2.10. The summed E-state index contributed by atoms with van der Waals surface area (Å²) >= 11 is 0. The van der Waals surface area contributed by atoms with Crippen molar-refractivity contribution >= 4 is 11.9 Å². The van der Waals surface area contributed by atoms with Crippen LogP contribution in [0.2, 0.25) is 0 Å².